The van der Waals surface area contributed by atoms with Gasteiger partial charge in [-0.1, -0.05) is 52.8 Å². The highest BCUT2D eigenvalue weighted by atomic mass is 14.5. The van der Waals surface area contributed by atoms with Gasteiger partial charge in [-0.15, -0.1) is 0 Å². The maximum Gasteiger partial charge on any atom is -0.00424 e. The van der Waals surface area contributed by atoms with Gasteiger partial charge in [0.1, 0.15) is 0 Å². The Bertz CT molecular complexity index is 464. The van der Waals surface area contributed by atoms with Gasteiger partial charge in [-0.05, 0) is 66.0 Å². The predicted molar refractivity (Wildman–Crippen MR) is 91.1 cm³/mol. The first-order valence-electron chi connectivity index (χ1n) is 7.70. The van der Waals surface area contributed by atoms with Crippen molar-refractivity contribution in [3.8, 4) is 0 Å². The summed E-state index contributed by atoms with van der Waals surface area (Å²) in [6, 6.07) is 4.70. The highest BCUT2D eigenvalue weighted by Crippen LogP contribution is 2.33. The highest BCUT2D eigenvalue weighted by Gasteiger charge is 2.18. The Hall–Kier alpha value is -1.08. The maximum absolute atomic E-state index is 5.67. The van der Waals surface area contributed by atoms with Gasteiger partial charge in [-0.2, -0.15) is 0 Å². The molecule has 1 heteroatoms. The van der Waals surface area contributed by atoms with E-state index in [4.69, 9.17) is 5.73 Å². The zero-order valence-electron chi connectivity index (χ0n) is 14.3. The summed E-state index contributed by atoms with van der Waals surface area (Å²) in [5.74, 6) is 0.527. The first-order valence-corrected chi connectivity index (χ1v) is 7.70. The lowest BCUT2D eigenvalue weighted by Gasteiger charge is -2.24. The van der Waals surface area contributed by atoms with Crippen LogP contribution in [-0.4, -0.2) is 6.54 Å². The third-order valence-electron chi connectivity index (χ3n) is 3.84. The van der Waals surface area contributed by atoms with Gasteiger partial charge >= 0.3 is 0 Å². The van der Waals surface area contributed by atoms with Crippen molar-refractivity contribution in [1.82, 2.24) is 0 Å². The Labute approximate surface area is 125 Å². The van der Waals surface area contributed by atoms with Crippen molar-refractivity contribution in [2.75, 3.05) is 6.54 Å². The number of benzene rings is 1. The van der Waals surface area contributed by atoms with Gasteiger partial charge in [-0.3, -0.25) is 0 Å². The summed E-state index contributed by atoms with van der Waals surface area (Å²) in [5, 5.41) is 0. The Kier molecular flexibility index (Phi) is 5.59. The standard InChI is InChI=1S/C19H31N/c1-13(2)17(9-8-10-20)18-14(3)11-16(12-15(18)4)19(5,6)7/h9,11-13H,8,10,20H2,1-7H3/b17-9+. The molecular formula is C19H31N. The lowest BCUT2D eigenvalue weighted by molar-refractivity contribution is 0.589. The van der Waals surface area contributed by atoms with Gasteiger partial charge in [0.25, 0.3) is 0 Å². The van der Waals surface area contributed by atoms with Crippen LogP contribution in [0.25, 0.3) is 5.57 Å². The summed E-state index contributed by atoms with van der Waals surface area (Å²) >= 11 is 0. The fraction of sp³-hybridized carbons (Fsp3) is 0.579. The summed E-state index contributed by atoms with van der Waals surface area (Å²) < 4.78 is 0. The number of allylic oxidation sites excluding steroid dienone is 1. The van der Waals surface area contributed by atoms with Crippen LogP contribution in [0.3, 0.4) is 0 Å². The molecule has 0 aromatic heterocycles. The fourth-order valence-electron chi connectivity index (χ4n) is 2.72. The highest BCUT2D eigenvalue weighted by molar-refractivity contribution is 5.72. The average Bonchev–Trinajstić information content (AvgIpc) is 2.30. The summed E-state index contributed by atoms with van der Waals surface area (Å²) in [6.45, 7) is 16.5. The minimum absolute atomic E-state index is 0.201. The van der Waals surface area contributed by atoms with Crippen LogP contribution < -0.4 is 5.73 Å². The van der Waals surface area contributed by atoms with E-state index in [1.165, 1.54) is 27.8 Å². The SMILES string of the molecule is Cc1cc(C(C)(C)C)cc(C)c1/C(=C/CCN)C(C)C. The van der Waals surface area contributed by atoms with E-state index in [0.29, 0.717) is 12.5 Å². The Morgan fingerprint density at radius 3 is 2.00 bits per heavy atom. The number of rotatable bonds is 4. The van der Waals surface area contributed by atoms with Crippen LogP contribution >= 0.6 is 0 Å². The summed E-state index contributed by atoms with van der Waals surface area (Å²) in [4.78, 5) is 0. The quantitative estimate of drug-likeness (QED) is 0.821. The molecule has 1 aromatic carbocycles. The molecule has 1 rings (SSSR count). The number of hydrogen-bond donors (Lipinski definition) is 1. The van der Waals surface area contributed by atoms with Crippen molar-refractivity contribution in [2.45, 2.75) is 60.3 Å². The van der Waals surface area contributed by atoms with Crippen LogP contribution in [0, 0.1) is 19.8 Å². The molecule has 112 valence electrons. The second-order valence-electron chi connectivity index (χ2n) is 7.13. The summed E-state index contributed by atoms with van der Waals surface area (Å²) in [5.41, 5.74) is 12.9. The van der Waals surface area contributed by atoms with Crippen molar-refractivity contribution >= 4 is 5.57 Å². The van der Waals surface area contributed by atoms with E-state index in [-0.39, 0.29) is 5.41 Å². The number of nitrogens with two attached hydrogens (primary N) is 1. The van der Waals surface area contributed by atoms with E-state index in [1.54, 1.807) is 0 Å². The van der Waals surface area contributed by atoms with Crippen LogP contribution in [0.4, 0.5) is 0 Å². The van der Waals surface area contributed by atoms with Crippen LogP contribution in [0.2, 0.25) is 0 Å². The van der Waals surface area contributed by atoms with Crippen LogP contribution in [0.5, 0.6) is 0 Å². The largest absolute Gasteiger partial charge is 0.330 e. The molecule has 0 saturated heterocycles. The summed E-state index contributed by atoms with van der Waals surface area (Å²) in [6.07, 6.45) is 3.27. The summed E-state index contributed by atoms with van der Waals surface area (Å²) in [7, 11) is 0. The van der Waals surface area contributed by atoms with Crippen molar-refractivity contribution in [1.29, 1.82) is 0 Å². The molecule has 2 N–H and O–H groups in total. The predicted octanol–water partition coefficient (Wildman–Crippen LogP) is 4.99. The van der Waals surface area contributed by atoms with Crippen molar-refractivity contribution in [3.05, 3.63) is 40.5 Å². The lowest BCUT2D eigenvalue weighted by atomic mass is 9.81. The monoisotopic (exact) mass is 273 g/mol. The second-order valence-corrected chi connectivity index (χ2v) is 7.13. The molecular weight excluding hydrogens is 242 g/mol. The third-order valence-corrected chi connectivity index (χ3v) is 3.84. The Balaban J connectivity index is 3.38. The van der Waals surface area contributed by atoms with Crippen molar-refractivity contribution < 1.29 is 0 Å². The number of aryl methyl sites for hydroxylation is 2. The molecule has 0 aliphatic heterocycles. The minimum Gasteiger partial charge on any atom is -0.330 e. The van der Waals surface area contributed by atoms with Gasteiger partial charge in [-0.25, -0.2) is 0 Å². The lowest BCUT2D eigenvalue weighted by Crippen LogP contribution is -2.13. The molecule has 0 saturated carbocycles. The molecule has 0 aliphatic carbocycles. The molecule has 0 fully saturated rings. The van der Waals surface area contributed by atoms with E-state index in [1.807, 2.05) is 0 Å². The van der Waals surface area contributed by atoms with Gasteiger partial charge in [0.2, 0.25) is 0 Å². The van der Waals surface area contributed by atoms with Crippen LogP contribution in [0.1, 0.15) is 63.3 Å². The molecule has 0 unspecified atom stereocenters. The first-order chi connectivity index (χ1) is 9.18. The maximum atomic E-state index is 5.67. The molecule has 1 nitrogen and oxygen atoms in total. The molecule has 0 atom stereocenters. The van der Waals surface area contributed by atoms with Gasteiger partial charge in [0, 0.05) is 0 Å². The smallest absolute Gasteiger partial charge is 0.00424 e. The van der Waals surface area contributed by atoms with E-state index in [0.717, 1.165) is 6.42 Å². The number of hydrogen-bond acceptors (Lipinski definition) is 1. The molecule has 0 radical (unpaired) electrons. The van der Waals surface area contributed by atoms with Crippen molar-refractivity contribution in [2.24, 2.45) is 11.7 Å². The molecule has 0 spiro atoms. The first kappa shape index (κ1) is 17.0. The molecule has 1 aromatic rings. The van der Waals surface area contributed by atoms with E-state index < -0.39 is 0 Å². The van der Waals surface area contributed by atoms with E-state index in [2.05, 4.69) is 66.7 Å². The molecule has 0 heterocycles. The zero-order valence-corrected chi connectivity index (χ0v) is 14.3. The van der Waals surface area contributed by atoms with E-state index >= 15 is 0 Å². The van der Waals surface area contributed by atoms with Gasteiger partial charge in [0.15, 0.2) is 0 Å². The minimum atomic E-state index is 0.201. The van der Waals surface area contributed by atoms with E-state index in [9.17, 15) is 0 Å². The Morgan fingerprint density at radius 1 is 1.15 bits per heavy atom. The molecule has 0 bridgehead atoms. The zero-order chi connectivity index (χ0) is 15.5. The molecule has 20 heavy (non-hydrogen) atoms. The second kappa shape index (κ2) is 6.58. The van der Waals surface area contributed by atoms with Crippen LogP contribution in [-0.2, 0) is 5.41 Å². The Morgan fingerprint density at radius 2 is 1.65 bits per heavy atom. The normalized spacial score (nSPS) is 13.2. The van der Waals surface area contributed by atoms with Gasteiger partial charge < -0.3 is 5.73 Å². The average molecular weight is 273 g/mol. The van der Waals surface area contributed by atoms with Gasteiger partial charge in [0.05, 0.1) is 0 Å². The fourth-order valence-corrected chi connectivity index (χ4v) is 2.72. The van der Waals surface area contributed by atoms with Crippen LogP contribution in [0.15, 0.2) is 18.2 Å². The topological polar surface area (TPSA) is 26.0 Å². The third kappa shape index (κ3) is 3.96. The van der Waals surface area contributed by atoms with Crippen molar-refractivity contribution in [3.63, 3.8) is 0 Å². The molecule has 0 amide bonds. The molecule has 0 aliphatic rings.